The predicted molar refractivity (Wildman–Crippen MR) is 73.0 cm³/mol. The van der Waals surface area contributed by atoms with Crippen molar-refractivity contribution in [1.29, 1.82) is 0 Å². The Morgan fingerprint density at radius 3 is 2.76 bits per heavy atom. The number of anilines is 1. The van der Waals surface area contributed by atoms with Crippen LogP contribution in [0.4, 0.5) is 19.0 Å². The molecule has 1 aromatic rings. The number of thioether (sulfide) groups is 1. The molecule has 3 heterocycles. The second-order valence-corrected chi connectivity index (χ2v) is 5.82. The van der Waals surface area contributed by atoms with Crippen molar-refractivity contribution in [1.82, 2.24) is 9.88 Å². The van der Waals surface area contributed by atoms with Gasteiger partial charge in [-0.3, -0.25) is 9.69 Å². The highest BCUT2D eigenvalue weighted by Gasteiger charge is 2.67. The third-order valence-corrected chi connectivity index (χ3v) is 4.18. The van der Waals surface area contributed by atoms with E-state index in [9.17, 15) is 18.0 Å². The molecule has 1 aromatic heterocycles. The van der Waals surface area contributed by atoms with Gasteiger partial charge >= 0.3 is 11.8 Å². The average Bonchev–Trinajstić information content (AvgIpc) is 2.95. The summed E-state index contributed by atoms with van der Waals surface area (Å²) in [4.78, 5) is 20.8. The van der Waals surface area contributed by atoms with Gasteiger partial charge in [0.25, 0.3) is 5.91 Å². The maximum absolute atomic E-state index is 13.5. The summed E-state index contributed by atoms with van der Waals surface area (Å²) in [5, 5.41) is 2.28. The number of hydrogen-bond donors (Lipinski definition) is 1. The summed E-state index contributed by atoms with van der Waals surface area (Å²) in [6.45, 7) is 2.01. The van der Waals surface area contributed by atoms with Gasteiger partial charge in [-0.25, -0.2) is 9.98 Å². The monoisotopic (exact) mass is 316 g/mol. The fourth-order valence-electron chi connectivity index (χ4n) is 2.13. The van der Waals surface area contributed by atoms with E-state index < -0.39 is 17.7 Å². The fourth-order valence-corrected chi connectivity index (χ4v) is 3.12. The van der Waals surface area contributed by atoms with Crippen molar-refractivity contribution in [3.05, 3.63) is 23.9 Å². The lowest BCUT2D eigenvalue weighted by Gasteiger charge is -2.29. The van der Waals surface area contributed by atoms with Crippen LogP contribution in [0, 0.1) is 6.92 Å². The van der Waals surface area contributed by atoms with E-state index in [1.54, 1.807) is 13.0 Å². The Morgan fingerprint density at radius 2 is 2.19 bits per heavy atom. The number of aromatic nitrogens is 1. The molecule has 0 aliphatic carbocycles. The normalized spacial score (nSPS) is 25.0. The van der Waals surface area contributed by atoms with Crippen molar-refractivity contribution in [3.63, 3.8) is 0 Å². The third-order valence-electron chi connectivity index (χ3n) is 3.23. The number of hydrogen-bond acceptors (Lipinski definition) is 5. The number of amidine groups is 1. The van der Waals surface area contributed by atoms with Crippen LogP contribution in [0.3, 0.4) is 0 Å². The van der Waals surface area contributed by atoms with Gasteiger partial charge in [0, 0.05) is 18.5 Å². The molecule has 0 spiro atoms. The molecule has 21 heavy (non-hydrogen) atoms. The van der Waals surface area contributed by atoms with E-state index in [0.717, 1.165) is 22.2 Å². The number of rotatable bonds is 2. The van der Waals surface area contributed by atoms with Gasteiger partial charge in [-0.05, 0) is 18.6 Å². The number of aryl methyl sites for hydroxylation is 1. The molecule has 0 saturated carbocycles. The number of carbonyl (C=O) groups is 1. The number of amides is 1. The van der Waals surface area contributed by atoms with Crippen LogP contribution < -0.4 is 5.32 Å². The average molecular weight is 316 g/mol. The van der Waals surface area contributed by atoms with Crippen molar-refractivity contribution in [2.45, 2.75) is 18.8 Å². The Hall–Kier alpha value is -1.77. The van der Waals surface area contributed by atoms with Crippen LogP contribution in [-0.2, 0) is 4.79 Å². The van der Waals surface area contributed by atoms with Crippen LogP contribution in [0.15, 0.2) is 23.3 Å². The molecular weight excluding hydrogens is 305 g/mol. The van der Waals surface area contributed by atoms with Crippen molar-refractivity contribution < 1.29 is 18.0 Å². The molecule has 0 aromatic carbocycles. The summed E-state index contributed by atoms with van der Waals surface area (Å²) < 4.78 is 40.5. The zero-order valence-corrected chi connectivity index (χ0v) is 11.8. The van der Waals surface area contributed by atoms with Gasteiger partial charge in [-0.1, -0.05) is 17.8 Å². The number of carbonyl (C=O) groups excluding carboxylic acids is 1. The van der Waals surface area contributed by atoms with Gasteiger partial charge in [0.05, 0.1) is 0 Å². The molecule has 2 aliphatic rings. The molecule has 0 unspecified atom stereocenters. The van der Waals surface area contributed by atoms with E-state index in [1.165, 1.54) is 12.3 Å². The number of halogens is 3. The Morgan fingerprint density at radius 1 is 1.43 bits per heavy atom. The Labute approximate surface area is 122 Å². The van der Waals surface area contributed by atoms with E-state index in [1.807, 2.05) is 0 Å². The van der Waals surface area contributed by atoms with Crippen molar-refractivity contribution in [2.75, 3.05) is 17.6 Å². The maximum Gasteiger partial charge on any atom is 0.442 e. The minimum absolute atomic E-state index is 0.0400. The van der Waals surface area contributed by atoms with Crippen LogP contribution in [0.2, 0.25) is 0 Å². The largest absolute Gasteiger partial charge is 0.442 e. The third kappa shape index (κ3) is 2.15. The quantitative estimate of drug-likeness (QED) is 0.907. The molecule has 3 rings (SSSR count). The SMILES string of the molecule is Cc1ccc(N[C@]2(C(F)(F)F)N=C3SCCN3C2=O)nc1. The highest BCUT2D eigenvalue weighted by atomic mass is 32.2. The first-order valence-corrected chi connectivity index (χ1v) is 7.14. The van der Waals surface area contributed by atoms with Gasteiger partial charge in [0.1, 0.15) is 5.82 Å². The Bertz CT molecular complexity index is 616. The number of nitrogens with one attached hydrogen (secondary N) is 1. The van der Waals surface area contributed by atoms with Crippen LogP contribution in [-0.4, -0.2) is 45.1 Å². The lowest BCUT2D eigenvalue weighted by molar-refractivity contribution is -0.185. The van der Waals surface area contributed by atoms with Crippen LogP contribution in [0.25, 0.3) is 0 Å². The minimum Gasteiger partial charge on any atom is -0.331 e. The van der Waals surface area contributed by atoms with Crippen molar-refractivity contribution >= 4 is 28.7 Å². The topological polar surface area (TPSA) is 57.6 Å². The second kappa shape index (κ2) is 4.62. The van der Waals surface area contributed by atoms with E-state index in [-0.39, 0.29) is 17.5 Å². The van der Waals surface area contributed by atoms with E-state index in [0.29, 0.717) is 5.75 Å². The summed E-state index contributed by atoms with van der Waals surface area (Å²) in [7, 11) is 0. The number of fused-ring (bicyclic) bond motifs is 1. The molecule has 0 bridgehead atoms. The van der Waals surface area contributed by atoms with Gasteiger partial charge in [-0.15, -0.1) is 0 Å². The molecule has 2 aliphatic heterocycles. The number of pyridine rings is 1. The standard InChI is InChI=1S/C12H11F3N4OS/c1-7-2-3-8(16-6-7)17-11(12(13,14)15)9(20)19-4-5-21-10(19)18-11/h2-3,6H,4-5H2,1H3,(H,16,17)/t11-/m0/s1. The first-order valence-electron chi connectivity index (χ1n) is 6.16. The van der Waals surface area contributed by atoms with Crippen LogP contribution in [0.5, 0.6) is 0 Å². The van der Waals surface area contributed by atoms with E-state index in [2.05, 4.69) is 15.3 Å². The second-order valence-electron chi connectivity index (χ2n) is 4.75. The molecule has 112 valence electrons. The number of aliphatic imine (C=N–C) groups is 1. The van der Waals surface area contributed by atoms with Crippen LogP contribution >= 0.6 is 11.8 Å². The summed E-state index contributed by atoms with van der Waals surface area (Å²) in [6, 6.07) is 3.01. The summed E-state index contributed by atoms with van der Waals surface area (Å²) >= 11 is 1.14. The van der Waals surface area contributed by atoms with Crippen molar-refractivity contribution in [3.8, 4) is 0 Å². The number of alkyl halides is 3. The molecule has 1 amide bonds. The number of nitrogens with zero attached hydrogens (tertiary/aromatic N) is 3. The van der Waals surface area contributed by atoms with Gasteiger partial charge in [0.15, 0.2) is 5.17 Å². The fraction of sp³-hybridized carbons (Fsp3) is 0.417. The highest BCUT2D eigenvalue weighted by molar-refractivity contribution is 8.14. The smallest absolute Gasteiger partial charge is 0.331 e. The lowest BCUT2D eigenvalue weighted by Crippen LogP contribution is -2.57. The maximum atomic E-state index is 13.5. The summed E-state index contributed by atoms with van der Waals surface area (Å²) in [5.41, 5.74) is -2.17. The van der Waals surface area contributed by atoms with E-state index >= 15 is 0 Å². The minimum atomic E-state index is -4.85. The van der Waals surface area contributed by atoms with Crippen LogP contribution in [0.1, 0.15) is 5.56 Å². The Kier molecular flexibility index (Phi) is 3.12. The molecule has 0 radical (unpaired) electrons. The Balaban J connectivity index is 2.01. The molecule has 1 saturated heterocycles. The van der Waals surface area contributed by atoms with Gasteiger partial charge in [-0.2, -0.15) is 13.2 Å². The zero-order valence-electron chi connectivity index (χ0n) is 10.9. The zero-order chi connectivity index (χ0) is 15.3. The molecule has 1 N–H and O–H groups in total. The highest BCUT2D eigenvalue weighted by Crippen LogP contribution is 2.42. The molecule has 1 fully saturated rings. The molecule has 5 nitrogen and oxygen atoms in total. The van der Waals surface area contributed by atoms with Crippen molar-refractivity contribution in [2.24, 2.45) is 4.99 Å². The van der Waals surface area contributed by atoms with Gasteiger partial charge < -0.3 is 5.32 Å². The molecule has 1 atom stereocenters. The molecule has 9 heteroatoms. The summed E-state index contributed by atoms with van der Waals surface area (Å²) in [6.07, 6.45) is -3.43. The first kappa shape index (κ1) is 14.2. The first-order chi connectivity index (χ1) is 9.83. The predicted octanol–water partition coefficient (Wildman–Crippen LogP) is 2.01. The van der Waals surface area contributed by atoms with E-state index in [4.69, 9.17) is 0 Å². The lowest BCUT2D eigenvalue weighted by atomic mass is 10.1. The van der Waals surface area contributed by atoms with Gasteiger partial charge in [0.2, 0.25) is 0 Å². The molecular formula is C12H11F3N4OS. The summed E-state index contributed by atoms with van der Waals surface area (Å²) in [5.74, 6) is -0.583.